The quantitative estimate of drug-likeness (QED) is 0.389. The molecule has 0 aromatic heterocycles. The second-order valence-corrected chi connectivity index (χ2v) is 5.52. The Morgan fingerprint density at radius 2 is 2.25 bits per heavy atom. The van der Waals surface area contributed by atoms with Crippen LogP contribution in [0.4, 0.5) is 5.69 Å². The molecule has 0 aliphatic carbocycles. The number of hydrogen-bond donors (Lipinski definition) is 1. The van der Waals surface area contributed by atoms with E-state index >= 15 is 0 Å². The normalized spacial score (nSPS) is 19.2. The van der Waals surface area contributed by atoms with Gasteiger partial charge in [0.2, 0.25) is 0 Å². The fourth-order valence-electron chi connectivity index (χ4n) is 1.90. The summed E-state index contributed by atoms with van der Waals surface area (Å²) in [4.78, 5) is 14.4. The molecule has 6 nitrogen and oxygen atoms in total. The van der Waals surface area contributed by atoms with Crippen LogP contribution in [0.15, 0.2) is 29.3 Å². The van der Waals surface area contributed by atoms with Gasteiger partial charge in [0.15, 0.2) is 5.17 Å². The van der Waals surface area contributed by atoms with Crippen LogP contribution in [0.1, 0.15) is 18.4 Å². The largest absolute Gasteiger partial charge is 0.379 e. The van der Waals surface area contributed by atoms with Crippen molar-refractivity contribution in [2.45, 2.75) is 24.7 Å². The number of non-ortho nitro benzene ring substituents is 1. The standard InChI is InChI=1S/C13H17N3O3S/c14-13(15-8-12-2-1-7-19-12)20-9-10-3-5-11(6-4-10)16(17)18/h3-6,12H,1-2,7-9H2,(H2,14,15)/t12-/m0/s1. The first-order chi connectivity index (χ1) is 9.65. The lowest BCUT2D eigenvalue weighted by Crippen LogP contribution is -2.14. The SMILES string of the molecule is NC(=NC[C@@H]1CCCO1)SCc1ccc([N+](=O)[O-])cc1. The molecular formula is C13H17N3O3S. The molecule has 1 heterocycles. The van der Waals surface area contributed by atoms with Crippen LogP contribution in [0.25, 0.3) is 0 Å². The maximum Gasteiger partial charge on any atom is 0.269 e. The number of thioether (sulfide) groups is 1. The van der Waals surface area contributed by atoms with E-state index in [-0.39, 0.29) is 11.8 Å². The monoisotopic (exact) mass is 295 g/mol. The first-order valence-electron chi connectivity index (χ1n) is 6.43. The van der Waals surface area contributed by atoms with Gasteiger partial charge in [-0.15, -0.1) is 0 Å². The summed E-state index contributed by atoms with van der Waals surface area (Å²) >= 11 is 1.43. The molecule has 108 valence electrons. The van der Waals surface area contributed by atoms with E-state index < -0.39 is 4.92 Å². The molecule has 1 aromatic carbocycles. The van der Waals surface area contributed by atoms with Crippen molar-refractivity contribution < 1.29 is 9.66 Å². The van der Waals surface area contributed by atoms with Crippen molar-refractivity contribution in [1.82, 2.24) is 0 Å². The number of nitrogens with two attached hydrogens (primary N) is 1. The summed E-state index contributed by atoms with van der Waals surface area (Å²) in [6.45, 7) is 1.43. The number of nitrogens with zero attached hydrogens (tertiary/aromatic N) is 2. The fraction of sp³-hybridized carbons (Fsp3) is 0.462. The predicted molar refractivity (Wildman–Crippen MR) is 79.9 cm³/mol. The van der Waals surface area contributed by atoms with Crippen molar-refractivity contribution in [2.24, 2.45) is 10.7 Å². The van der Waals surface area contributed by atoms with Crippen LogP contribution < -0.4 is 5.73 Å². The van der Waals surface area contributed by atoms with E-state index in [1.807, 2.05) is 0 Å². The van der Waals surface area contributed by atoms with Gasteiger partial charge in [-0.05, 0) is 18.4 Å². The van der Waals surface area contributed by atoms with Crippen LogP contribution in [-0.2, 0) is 10.5 Å². The molecule has 0 bridgehead atoms. The number of nitro groups is 1. The van der Waals surface area contributed by atoms with Crippen molar-refractivity contribution in [2.75, 3.05) is 13.2 Å². The molecule has 1 saturated heterocycles. The van der Waals surface area contributed by atoms with E-state index in [1.165, 1.54) is 23.9 Å². The lowest BCUT2D eigenvalue weighted by molar-refractivity contribution is -0.384. The highest BCUT2D eigenvalue weighted by atomic mass is 32.2. The first-order valence-corrected chi connectivity index (χ1v) is 7.41. The number of ether oxygens (including phenoxy) is 1. The molecule has 0 saturated carbocycles. The van der Waals surface area contributed by atoms with Crippen LogP contribution in [0.3, 0.4) is 0 Å². The minimum absolute atomic E-state index is 0.0961. The molecule has 7 heteroatoms. The van der Waals surface area contributed by atoms with Gasteiger partial charge in [0.1, 0.15) is 0 Å². The van der Waals surface area contributed by atoms with Gasteiger partial charge in [-0.3, -0.25) is 15.1 Å². The van der Waals surface area contributed by atoms with Crippen molar-refractivity contribution in [3.63, 3.8) is 0 Å². The Balaban J connectivity index is 1.78. The second-order valence-electron chi connectivity index (χ2n) is 4.53. The third kappa shape index (κ3) is 4.50. The van der Waals surface area contributed by atoms with Gasteiger partial charge in [0.25, 0.3) is 5.69 Å². The smallest absolute Gasteiger partial charge is 0.269 e. The third-order valence-electron chi connectivity index (χ3n) is 3.01. The van der Waals surface area contributed by atoms with Crippen molar-refractivity contribution in [3.05, 3.63) is 39.9 Å². The van der Waals surface area contributed by atoms with E-state index in [9.17, 15) is 10.1 Å². The maximum atomic E-state index is 10.5. The number of amidine groups is 1. The summed E-state index contributed by atoms with van der Waals surface area (Å²) in [6.07, 6.45) is 2.34. The minimum atomic E-state index is -0.408. The van der Waals surface area contributed by atoms with Crippen molar-refractivity contribution >= 4 is 22.6 Å². The molecule has 1 aliphatic rings. The highest BCUT2D eigenvalue weighted by Gasteiger charge is 2.14. The van der Waals surface area contributed by atoms with Gasteiger partial charge in [-0.25, -0.2) is 0 Å². The number of aliphatic imine (C=N–C) groups is 1. The molecule has 0 radical (unpaired) electrons. The highest BCUT2D eigenvalue weighted by Crippen LogP contribution is 2.17. The number of benzene rings is 1. The topological polar surface area (TPSA) is 90.8 Å². The zero-order chi connectivity index (χ0) is 14.4. The van der Waals surface area contributed by atoms with E-state index in [1.54, 1.807) is 12.1 Å². The second kappa shape index (κ2) is 7.25. The third-order valence-corrected chi connectivity index (χ3v) is 3.91. The number of nitro benzene ring substituents is 1. The van der Waals surface area contributed by atoms with Crippen molar-refractivity contribution in [1.29, 1.82) is 0 Å². The van der Waals surface area contributed by atoms with E-state index in [0.717, 1.165) is 25.0 Å². The molecule has 1 fully saturated rings. The highest BCUT2D eigenvalue weighted by molar-refractivity contribution is 8.13. The first kappa shape index (κ1) is 14.8. The Bertz CT molecular complexity index is 484. The Kier molecular flexibility index (Phi) is 5.37. The van der Waals surface area contributed by atoms with Crippen LogP contribution in [0.5, 0.6) is 0 Å². The summed E-state index contributed by atoms with van der Waals surface area (Å²) in [5, 5.41) is 11.1. The molecule has 1 aromatic rings. The van der Waals surface area contributed by atoms with Gasteiger partial charge in [0.05, 0.1) is 17.6 Å². The molecule has 2 rings (SSSR count). The average Bonchev–Trinajstić information content (AvgIpc) is 2.96. The van der Waals surface area contributed by atoms with E-state index in [4.69, 9.17) is 10.5 Å². The summed E-state index contributed by atoms with van der Waals surface area (Å²) in [5.41, 5.74) is 6.91. The zero-order valence-corrected chi connectivity index (χ0v) is 11.8. The number of rotatable bonds is 5. The Morgan fingerprint density at radius 1 is 1.50 bits per heavy atom. The van der Waals surface area contributed by atoms with Crippen LogP contribution in [0, 0.1) is 10.1 Å². The molecule has 20 heavy (non-hydrogen) atoms. The van der Waals surface area contributed by atoms with Crippen LogP contribution in [0.2, 0.25) is 0 Å². The molecular weight excluding hydrogens is 278 g/mol. The van der Waals surface area contributed by atoms with Crippen LogP contribution >= 0.6 is 11.8 Å². The van der Waals surface area contributed by atoms with Gasteiger partial charge < -0.3 is 10.5 Å². The lowest BCUT2D eigenvalue weighted by atomic mass is 10.2. The molecule has 0 spiro atoms. The Morgan fingerprint density at radius 3 is 2.85 bits per heavy atom. The lowest BCUT2D eigenvalue weighted by Gasteiger charge is -2.06. The zero-order valence-electron chi connectivity index (χ0n) is 11.0. The van der Waals surface area contributed by atoms with Gasteiger partial charge in [0, 0.05) is 24.5 Å². The van der Waals surface area contributed by atoms with Crippen LogP contribution in [-0.4, -0.2) is 29.3 Å². The summed E-state index contributed by atoms with van der Waals surface area (Å²) in [7, 11) is 0. The fourth-order valence-corrected chi connectivity index (χ4v) is 2.57. The maximum absolute atomic E-state index is 10.5. The minimum Gasteiger partial charge on any atom is -0.379 e. The molecule has 1 aliphatic heterocycles. The average molecular weight is 295 g/mol. The molecule has 1 atom stereocenters. The Labute approximate surface area is 121 Å². The summed E-state index contributed by atoms with van der Waals surface area (Å²) in [5.74, 6) is 0.652. The van der Waals surface area contributed by atoms with E-state index in [0.29, 0.717) is 17.5 Å². The van der Waals surface area contributed by atoms with Gasteiger partial charge >= 0.3 is 0 Å². The predicted octanol–water partition coefficient (Wildman–Crippen LogP) is 2.32. The summed E-state index contributed by atoms with van der Waals surface area (Å²) < 4.78 is 5.47. The Hall–Kier alpha value is -1.60. The van der Waals surface area contributed by atoms with Gasteiger partial charge in [-0.1, -0.05) is 23.9 Å². The molecule has 2 N–H and O–H groups in total. The molecule has 0 amide bonds. The molecule has 0 unspecified atom stereocenters. The summed E-state index contributed by atoms with van der Waals surface area (Å²) in [6, 6.07) is 6.46. The number of hydrogen-bond acceptors (Lipinski definition) is 5. The van der Waals surface area contributed by atoms with Gasteiger partial charge in [-0.2, -0.15) is 0 Å². The van der Waals surface area contributed by atoms with E-state index in [2.05, 4.69) is 4.99 Å². The van der Waals surface area contributed by atoms with Crippen molar-refractivity contribution in [3.8, 4) is 0 Å².